The van der Waals surface area contributed by atoms with Gasteiger partial charge in [0, 0.05) is 38.2 Å². The standard InChI is InChI=1S/C16H19N3O6S/c1-9-3-11-12(25-15(22)17-11)4-13(9)26(23,24)19-6-10-5-18(2)7-16(10,8-19)14(20)21/h3-4,10H,5-8H2,1-2H3,(H,17,22)(H,20,21)/t10-,16-/m0/s1. The second-order valence-corrected chi connectivity index (χ2v) is 9.19. The minimum Gasteiger partial charge on any atom is -0.481 e. The van der Waals surface area contributed by atoms with Crippen molar-refractivity contribution in [3.05, 3.63) is 28.2 Å². The molecule has 140 valence electrons. The summed E-state index contributed by atoms with van der Waals surface area (Å²) < 4.78 is 32.6. The largest absolute Gasteiger partial charge is 0.481 e. The average molecular weight is 381 g/mol. The molecule has 2 N–H and O–H groups in total. The van der Waals surface area contributed by atoms with Crippen LogP contribution in [0, 0.1) is 18.3 Å². The Bertz CT molecular complexity index is 1070. The number of aromatic nitrogens is 1. The Morgan fingerprint density at radius 1 is 1.35 bits per heavy atom. The van der Waals surface area contributed by atoms with Gasteiger partial charge in [-0.3, -0.25) is 9.78 Å². The summed E-state index contributed by atoms with van der Waals surface area (Å²) >= 11 is 0. The number of sulfonamides is 1. The predicted molar refractivity (Wildman–Crippen MR) is 91.4 cm³/mol. The molecule has 26 heavy (non-hydrogen) atoms. The number of benzene rings is 1. The number of hydrogen-bond acceptors (Lipinski definition) is 6. The molecule has 1 aromatic carbocycles. The maximum atomic E-state index is 13.2. The van der Waals surface area contributed by atoms with Crippen LogP contribution >= 0.6 is 0 Å². The molecule has 2 aromatic rings. The van der Waals surface area contributed by atoms with Gasteiger partial charge in [0.15, 0.2) is 5.58 Å². The zero-order valence-corrected chi connectivity index (χ0v) is 15.2. The van der Waals surface area contributed by atoms with Crippen molar-refractivity contribution in [2.24, 2.45) is 11.3 Å². The van der Waals surface area contributed by atoms with E-state index in [-0.39, 0.29) is 29.5 Å². The van der Waals surface area contributed by atoms with Crippen LogP contribution in [0.4, 0.5) is 0 Å². The van der Waals surface area contributed by atoms with E-state index in [1.54, 1.807) is 13.0 Å². The lowest BCUT2D eigenvalue weighted by Gasteiger charge is -2.24. The van der Waals surface area contributed by atoms with Crippen LogP contribution in [0.2, 0.25) is 0 Å². The summed E-state index contributed by atoms with van der Waals surface area (Å²) in [7, 11) is -2.07. The quantitative estimate of drug-likeness (QED) is 0.771. The lowest BCUT2D eigenvalue weighted by Crippen LogP contribution is -2.41. The van der Waals surface area contributed by atoms with Crippen LogP contribution in [0.1, 0.15) is 5.56 Å². The van der Waals surface area contributed by atoms with Gasteiger partial charge in [0.1, 0.15) is 0 Å². The number of hydrogen-bond donors (Lipinski definition) is 2. The molecule has 2 atom stereocenters. The van der Waals surface area contributed by atoms with Crippen LogP contribution in [0.3, 0.4) is 0 Å². The number of oxazole rings is 1. The van der Waals surface area contributed by atoms with Crippen LogP contribution in [0.15, 0.2) is 26.2 Å². The number of aryl methyl sites for hydroxylation is 1. The number of nitrogens with zero attached hydrogens (tertiary/aromatic N) is 2. The number of likely N-dealkylation sites (tertiary alicyclic amines) is 1. The number of carbonyl (C=O) groups is 1. The highest BCUT2D eigenvalue weighted by atomic mass is 32.2. The van der Waals surface area contributed by atoms with Crippen molar-refractivity contribution in [3.8, 4) is 0 Å². The molecular formula is C16H19N3O6S. The molecule has 1 aromatic heterocycles. The summed E-state index contributed by atoms with van der Waals surface area (Å²) in [5, 5.41) is 9.74. The van der Waals surface area contributed by atoms with Crippen molar-refractivity contribution in [2.75, 3.05) is 33.2 Å². The Morgan fingerprint density at radius 3 is 2.73 bits per heavy atom. The van der Waals surface area contributed by atoms with E-state index in [2.05, 4.69) is 4.98 Å². The van der Waals surface area contributed by atoms with E-state index in [4.69, 9.17) is 4.42 Å². The van der Waals surface area contributed by atoms with Gasteiger partial charge in [-0.2, -0.15) is 4.31 Å². The third-order valence-corrected chi connectivity index (χ3v) is 7.46. The van der Waals surface area contributed by atoms with E-state index < -0.39 is 27.2 Å². The first-order valence-electron chi connectivity index (χ1n) is 8.19. The normalized spacial score (nSPS) is 27.2. The van der Waals surface area contributed by atoms with Crippen molar-refractivity contribution in [1.29, 1.82) is 0 Å². The highest BCUT2D eigenvalue weighted by Gasteiger charge is 2.59. The predicted octanol–water partition coefficient (Wildman–Crippen LogP) is 0.0664. The molecule has 0 aliphatic carbocycles. The van der Waals surface area contributed by atoms with Gasteiger partial charge in [-0.25, -0.2) is 13.2 Å². The number of fused-ring (bicyclic) bond motifs is 2. The van der Waals surface area contributed by atoms with Gasteiger partial charge < -0.3 is 14.4 Å². The topological polar surface area (TPSA) is 124 Å². The minimum absolute atomic E-state index is 0.0293. The lowest BCUT2D eigenvalue weighted by atomic mass is 9.81. The fourth-order valence-corrected chi connectivity index (χ4v) is 6.04. The Morgan fingerprint density at radius 2 is 2.08 bits per heavy atom. The van der Waals surface area contributed by atoms with Gasteiger partial charge in [-0.15, -0.1) is 0 Å². The van der Waals surface area contributed by atoms with Crippen molar-refractivity contribution in [3.63, 3.8) is 0 Å². The van der Waals surface area contributed by atoms with Crippen molar-refractivity contribution in [1.82, 2.24) is 14.2 Å². The molecule has 0 bridgehead atoms. The smallest absolute Gasteiger partial charge is 0.417 e. The summed E-state index contributed by atoms with van der Waals surface area (Å²) in [5.41, 5.74) is -0.0340. The Balaban J connectivity index is 1.75. The molecule has 0 spiro atoms. The number of aromatic amines is 1. The highest BCUT2D eigenvalue weighted by molar-refractivity contribution is 7.89. The molecule has 2 fully saturated rings. The molecule has 4 rings (SSSR count). The molecular weight excluding hydrogens is 362 g/mol. The Labute approximate surface area is 149 Å². The first-order valence-corrected chi connectivity index (χ1v) is 9.63. The first kappa shape index (κ1) is 17.3. The van der Waals surface area contributed by atoms with Gasteiger partial charge >= 0.3 is 11.7 Å². The Kier molecular flexibility index (Phi) is 3.59. The van der Waals surface area contributed by atoms with Crippen LogP contribution < -0.4 is 5.76 Å². The molecule has 0 radical (unpaired) electrons. The molecule has 10 heteroatoms. The van der Waals surface area contributed by atoms with Crippen molar-refractivity contribution in [2.45, 2.75) is 11.8 Å². The van der Waals surface area contributed by atoms with E-state index in [0.717, 1.165) is 0 Å². The van der Waals surface area contributed by atoms with Gasteiger partial charge in [-0.05, 0) is 25.6 Å². The van der Waals surface area contributed by atoms with E-state index in [0.29, 0.717) is 24.2 Å². The second kappa shape index (κ2) is 5.41. The molecule has 3 heterocycles. The molecule has 9 nitrogen and oxygen atoms in total. The maximum absolute atomic E-state index is 13.2. The summed E-state index contributed by atoms with van der Waals surface area (Å²) in [6.07, 6.45) is 0. The number of rotatable bonds is 3. The van der Waals surface area contributed by atoms with Gasteiger partial charge in [0.25, 0.3) is 0 Å². The highest BCUT2D eigenvalue weighted by Crippen LogP contribution is 2.44. The number of carboxylic acid groups (broad SMARTS) is 1. The number of nitrogens with one attached hydrogen (secondary N) is 1. The van der Waals surface area contributed by atoms with E-state index in [1.165, 1.54) is 10.4 Å². The second-order valence-electron chi connectivity index (χ2n) is 7.28. The molecule has 2 aliphatic rings. The zero-order chi connectivity index (χ0) is 18.9. The zero-order valence-electron chi connectivity index (χ0n) is 14.4. The van der Waals surface area contributed by atoms with Crippen LogP contribution in [-0.4, -0.2) is 66.9 Å². The summed E-state index contributed by atoms with van der Waals surface area (Å²) in [5.74, 6) is -1.88. The summed E-state index contributed by atoms with van der Waals surface area (Å²) in [6.45, 7) is 2.60. The first-order chi connectivity index (χ1) is 12.1. The lowest BCUT2D eigenvalue weighted by molar-refractivity contribution is -0.148. The van der Waals surface area contributed by atoms with Gasteiger partial charge in [0.05, 0.1) is 15.8 Å². The van der Waals surface area contributed by atoms with E-state index in [9.17, 15) is 23.1 Å². The van der Waals surface area contributed by atoms with Crippen LogP contribution in [0.25, 0.3) is 11.1 Å². The summed E-state index contributed by atoms with van der Waals surface area (Å²) in [6, 6.07) is 2.87. The van der Waals surface area contributed by atoms with Crippen molar-refractivity contribution >= 4 is 27.1 Å². The van der Waals surface area contributed by atoms with Crippen LogP contribution in [0.5, 0.6) is 0 Å². The Hall–Kier alpha value is -2.17. The molecule has 0 unspecified atom stereocenters. The number of aliphatic carboxylic acids is 1. The van der Waals surface area contributed by atoms with E-state index >= 15 is 0 Å². The fourth-order valence-electron chi connectivity index (χ4n) is 4.26. The summed E-state index contributed by atoms with van der Waals surface area (Å²) in [4.78, 5) is 27.7. The average Bonchev–Trinajstić information content (AvgIpc) is 3.15. The fraction of sp³-hybridized carbons (Fsp3) is 0.500. The monoisotopic (exact) mass is 381 g/mol. The maximum Gasteiger partial charge on any atom is 0.417 e. The van der Waals surface area contributed by atoms with Gasteiger partial charge in [0.2, 0.25) is 10.0 Å². The molecule has 2 saturated heterocycles. The third-order valence-electron chi connectivity index (χ3n) is 5.51. The van der Waals surface area contributed by atoms with Gasteiger partial charge in [-0.1, -0.05) is 0 Å². The van der Waals surface area contributed by atoms with Crippen molar-refractivity contribution < 1.29 is 22.7 Å². The molecule has 2 aliphatic heterocycles. The van der Waals surface area contributed by atoms with Crippen LogP contribution in [-0.2, 0) is 14.8 Å². The number of carboxylic acids is 1. The SMILES string of the molecule is Cc1cc2[nH]c(=O)oc2cc1S(=O)(=O)N1C[C@@H]2CN(C)C[C@]2(C(=O)O)C1. The molecule has 0 amide bonds. The number of H-pyrrole nitrogens is 1. The minimum atomic E-state index is -3.91. The third kappa shape index (κ3) is 2.32. The van der Waals surface area contributed by atoms with E-state index in [1.807, 2.05) is 11.9 Å². The molecule has 0 saturated carbocycles.